The van der Waals surface area contributed by atoms with Crippen LogP contribution in [0, 0.1) is 0 Å². The summed E-state index contributed by atoms with van der Waals surface area (Å²) < 4.78 is 6.20. The molecule has 0 aliphatic carbocycles. The summed E-state index contributed by atoms with van der Waals surface area (Å²) in [6, 6.07) is 5.41. The molecule has 0 fully saturated rings. The van der Waals surface area contributed by atoms with Gasteiger partial charge in [-0.1, -0.05) is 6.07 Å². The number of aliphatic carboxylic acids is 1. The van der Waals surface area contributed by atoms with Crippen LogP contribution in [0.2, 0.25) is 0 Å². The van der Waals surface area contributed by atoms with Crippen molar-refractivity contribution in [1.82, 2.24) is 4.98 Å². The van der Waals surface area contributed by atoms with Crippen molar-refractivity contribution in [2.24, 2.45) is 0 Å². The summed E-state index contributed by atoms with van der Waals surface area (Å²) in [5.41, 5.74) is 2.54. The van der Waals surface area contributed by atoms with Crippen molar-refractivity contribution in [3.05, 3.63) is 23.7 Å². The standard InChI is InChI=1S/C10H9NO3S/c1-6(10(12)13)14-8-4-2-3-7-9(8)15-5-11-7/h2-6H,1H3,(H,12,13). The highest BCUT2D eigenvalue weighted by molar-refractivity contribution is 7.17. The maximum absolute atomic E-state index is 10.6. The average molecular weight is 223 g/mol. The van der Waals surface area contributed by atoms with Gasteiger partial charge in [-0.2, -0.15) is 0 Å². The third kappa shape index (κ3) is 1.92. The summed E-state index contributed by atoms with van der Waals surface area (Å²) in [6.45, 7) is 1.50. The lowest BCUT2D eigenvalue weighted by Crippen LogP contribution is -2.22. The van der Waals surface area contributed by atoms with E-state index in [2.05, 4.69) is 4.98 Å². The molecule has 2 aromatic rings. The molecule has 2 rings (SSSR count). The molecule has 1 heterocycles. The molecule has 1 aromatic carbocycles. The third-order valence-electron chi connectivity index (χ3n) is 1.97. The molecule has 0 bridgehead atoms. The molecule has 15 heavy (non-hydrogen) atoms. The number of ether oxygens (including phenoxy) is 1. The zero-order valence-electron chi connectivity index (χ0n) is 8.01. The highest BCUT2D eigenvalue weighted by Gasteiger charge is 2.14. The third-order valence-corrected chi connectivity index (χ3v) is 2.83. The van der Waals surface area contributed by atoms with Crippen molar-refractivity contribution in [3.8, 4) is 5.75 Å². The Morgan fingerprint density at radius 3 is 3.13 bits per heavy atom. The highest BCUT2D eigenvalue weighted by atomic mass is 32.1. The molecule has 0 saturated heterocycles. The van der Waals surface area contributed by atoms with Crippen LogP contribution < -0.4 is 4.74 Å². The number of carboxylic acids is 1. The Labute approximate surface area is 90.1 Å². The van der Waals surface area contributed by atoms with E-state index in [9.17, 15) is 4.79 Å². The van der Waals surface area contributed by atoms with Gasteiger partial charge in [0, 0.05) is 0 Å². The number of carbonyl (C=O) groups is 1. The molecule has 0 spiro atoms. The van der Waals surface area contributed by atoms with E-state index in [1.54, 1.807) is 17.6 Å². The lowest BCUT2D eigenvalue weighted by Gasteiger charge is -2.10. The maximum atomic E-state index is 10.6. The Morgan fingerprint density at radius 2 is 2.40 bits per heavy atom. The van der Waals surface area contributed by atoms with E-state index in [0.717, 1.165) is 10.2 Å². The fraction of sp³-hybridized carbons (Fsp3) is 0.200. The molecule has 1 atom stereocenters. The van der Waals surface area contributed by atoms with Crippen LogP contribution in [-0.2, 0) is 4.79 Å². The molecular weight excluding hydrogens is 214 g/mol. The lowest BCUT2D eigenvalue weighted by molar-refractivity contribution is -0.144. The van der Waals surface area contributed by atoms with E-state index in [-0.39, 0.29) is 0 Å². The van der Waals surface area contributed by atoms with Crippen molar-refractivity contribution >= 4 is 27.5 Å². The lowest BCUT2D eigenvalue weighted by atomic mass is 10.3. The molecule has 78 valence electrons. The fourth-order valence-electron chi connectivity index (χ4n) is 1.19. The van der Waals surface area contributed by atoms with Crippen molar-refractivity contribution in [1.29, 1.82) is 0 Å². The van der Waals surface area contributed by atoms with Crippen LogP contribution in [0.15, 0.2) is 23.7 Å². The monoisotopic (exact) mass is 223 g/mol. The summed E-state index contributed by atoms with van der Waals surface area (Å²) in [5.74, 6) is -0.401. The number of nitrogens with zero attached hydrogens (tertiary/aromatic N) is 1. The van der Waals surface area contributed by atoms with Crippen molar-refractivity contribution < 1.29 is 14.6 Å². The van der Waals surface area contributed by atoms with Gasteiger partial charge in [0.25, 0.3) is 0 Å². The quantitative estimate of drug-likeness (QED) is 0.866. The first-order valence-electron chi connectivity index (χ1n) is 4.40. The molecule has 0 aliphatic heterocycles. The molecule has 5 heteroatoms. The van der Waals surface area contributed by atoms with Gasteiger partial charge in [0.2, 0.25) is 0 Å². The molecule has 0 saturated carbocycles. The van der Waals surface area contributed by atoms with Crippen LogP contribution in [0.3, 0.4) is 0 Å². The van der Waals surface area contributed by atoms with Crippen LogP contribution in [0.5, 0.6) is 5.75 Å². The van der Waals surface area contributed by atoms with E-state index in [0.29, 0.717) is 5.75 Å². The minimum Gasteiger partial charge on any atom is -0.479 e. The topological polar surface area (TPSA) is 59.4 Å². The van der Waals surface area contributed by atoms with Crippen LogP contribution in [0.25, 0.3) is 10.2 Å². The van der Waals surface area contributed by atoms with Gasteiger partial charge in [0.1, 0.15) is 5.75 Å². The number of fused-ring (bicyclic) bond motifs is 1. The minimum absolute atomic E-state index is 0.574. The second-order valence-electron chi connectivity index (χ2n) is 3.06. The van der Waals surface area contributed by atoms with Gasteiger partial charge < -0.3 is 9.84 Å². The fourth-order valence-corrected chi connectivity index (χ4v) is 1.94. The predicted molar refractivity (Wildman–Crippen MR) is 57.3 cm³/mol. The molecular formula is C10H9NO3S. The largest absolute Gasteiger partial charge is 0.479 e. The molecule has 1 N–H and O–H groups in total. The van der Waals surface area contributed by atoms with Gasteiger partial charge in [-0.3, -0.25) is 0 Å². The summed E-state index contributed by atoms with van der Waals surface area (Å²) in [4.78, 5) is 14.8. The second kappa shape index (κ2) is 3.86. The predicted octanol–water partition coefficient (Wildman–Crippen LogP) is 2.15. The number of benzene rings is 1. The van der Waals surface area contributed by atoms with Crippen LogP contribution in [0.1, 0.15) is 6.92 Å². The smallest absolute Gasteiger partial charge is 0.344 e. The van der Waals surface area contributed by atoms with Crippen LogP contribution in [0.4, 0.5) is 0 Å². The summed E-state index contributed by atoms with van der Waals surface area (Å²) in [6.07, 6.45) is -0.849. The zero-order chi connectivity index (χ0) is 10.8. The first-order valence-corrected chi connectivity index (χ1v) is 5.28. The van der Waals surface area contributed by atoms with E-state index in [1.165, 1.54) is 18.3 Å². The highest BCUT2D eigenvalue weighted by Crippen LogP contribution is 2.29. The van der Waals surface area contributed by atoms with Crippen molar-refractivity contribution in [3.63, 3.8) is 0 Å². The second-order valence-corrected chi connectivity index (χ2v) is 3.91. The SMILES string of the molecule is CC(Oc1cccc2ncsc12)C(=O)O. The van der Waals surface area contributed by atoms with E-state index < -0.39 is 12.1 Å². The van der Waals surface area contributed by atoms with Crippen LogP contribution >= 0.6 is 11.3 Å². The van der Waals surface area contributed by atoms with Gasteiger partial charge in [0.05, 0.1) is 15.7 Å². The van der Waals surface area contributed by atoms with Crippen molar-refractivity contribution in [2.75, 3.05) is 0 Å². The van der Waals surface area contributed by atoms with Crippen LogP contribution in [-0.4, -0.2) is 22.2 Å². The zero-order valence-corrected chi connectivity index (χ0v) is 8.82. The Hall–Kier alpha value is -1.62. The molecule has 0 aliphatic rings. The Morgan fingerprint density at radius 1 is 1.60 bits per heavy atom. The number of rotatable bonds is 3. The Bertz CT molecular complexity index is 494. The number of carboxylic acid groups (broad SMARTS) is 1. The van der Waals surface area contributed by atoms with Gasteiger partial charge in [0.15, 0.2) is 6.10 Å². The van der Waals surface area contributed by atoms with E-state index in [1.807, 2.05) is 6.07 Å². The first kappa shape index (κ1) is 9.92. The molecule has 1 unspecified atom stereocenters. The van der Waals surface area contributed by atoms with E-state index >= 15 is 0 Å². The molecule has 1 aromatic heterocycles. The Kier molecular flexibility index (Phi) is 2.55. The number of hydrogen-bond donors (Lipinski definition) is 1. The Balaban J connectivity index is 2.35. The summed E-state index contributed by atoms with van der Waals surface area (Å²) in [7, 11) is 0. The van der Waals surface area contributed by atoms with Gasteiger partial charge in [-0.25, -0.2) is 9.78 Å². The summed E-state index contributed by atoms with van der Waals surface area (Å²) in [5, 5.41) is 8.73. The molecule has 0 radical (unpaired) electrons. The number of hydrogen-bond acceptors (Lipinski definition) is 4. The molecule has 0 amide bonds. The number of aromatic nitrogens is 1. The molecule has 4 nitrogen and oxygen atoms in total. The summed E-state index contributed by atoms with van der Waals surface area (Å²) >= 11 is 1.44. The van der Waals surface area contributed by atoms with Crippen molar-refractivity contribution in [2.45, 2.75) is 13.0 Å². The van der Waals surface area contributed by atoms with Gasteiger partial charge >= 0.3 is 5.97 Å². The minimum atomic E-state index is -0.975. The maximum Gasteiger partial charge on any atom is 0.344 e. The average Bonchev–Trinajstić information content (AvgIpc) is 2.66. The normalized spacial score (nSPS) is 12.6. The number of thiazole rings is 1. The van der Waals surface area contributed by atoms with Gasteiger partial charge in [-0.05, 0) is 19.1 Å². The van der Waals surface area contributed by atoms with Gasteiger partial charge in [-0.15, -0.1) is 11.3 Å². The van der Waals surface area contributed by atoms with E-state index in [4.69, 9.17) is 9.84 Å². The first-order chi connectivity index (χ1) is 7.18.